The summed E-state index contributed by atoms with van der Waals surface area (Å²) in [6.07, 6.45) is 0. The van der Waals surface area contributed by atoms with Gasteiger partial charge < -0.3 is 9.88 Å². The third-order valence-electron chi connectivity index (χ3n) is 6.92. The normalized spacial score (nSPS) is 11.3. The average Bonchev–Trinajstić information content (AvgIpc) is 3.28. The van der Waals surface area contributed by atoms with Gasteiger partial charge in [-0.15, -0.1) is 0 Å². The van der Waals surface area contributed by atoms with Crippen LogP contribution in [0.15, 0.2) is 140 Å². The SMILES string of the molecule is c1cc(Nc2cccc(-n3c4ccccc4c4ccccc43)c2)cc(-c2ccc3ccccc3c2)c1. The average molecular weight is 461 g/mol. The zero-order chi connectivity index (χ0) is 23.9. The van der Waals surface area contributed by atoms with Crippen LogP contribution in [0, 0.1) is 0 Å². The standard InChI is InChI=1S/C34H24N2/c1-2-10-25-21-27(20-19-24(25)9-1)26-11-7-12-28(22-26)35-29-13-8-14-30(23-29)36-33-17-5-3-15-31(33)32-16-4-6-18-34(32)36/h1-23,35H. The summed E-state index contributed by atoms with van der Waals surface area (Å²) in [5.41, 5.74) is 8.12. The minimum Gasteiger partial charge on any atom is -0.355 e. The zero-order valence-corrected chi connectivity index (χ0v) is 19.7. The molecular weight excluding hydrogens is 436 g/mol. The molecule has 1 heterocycles. The highest BCUT2D eigenvalue weighted by atomic mass is 15.0. The molecule has 0 radical (unpaired) electrons. The Morgan fingerprint density at radius 1 is 0.417 bits per heavy atom. The van der Waals surface area contributed by atoms with Gasteiger partial charge in [0.1, 0.15) is 0 Å². The number of nitrogens with one attached hydrogen (secondary N) is 1. The maximum atomic E-state index is 3.64. The predicted molar refractivity (Wildman–Crippen MR) is 153 cm³/mol. The van der Waals surface area contributed by atoms with Crippen molar-refractivity contribution in [2.45, 2.75) is 0 Å². The molecule has 0 atom stereocenters. The Morgan fingerprint density at radius 3 is 1.81 bits per heavy atom. The first-order valence-corrected chi connectivity index (χ1v) is 12.3. The van der Waals surface area contributed by atoms with Crippen LogP contribution in [-0.2, 0) is 0 Å². The fourth-order valence-corrected chi connectivity index (χ4v) is 5.24. The van der Waals surface area contributed by atoms with Gasteiger partial charge in [0.15, 0.2) is 0 Å². The quantitative estimate of drug-likeness (QED) is 0.277. The lowest BCUT2D eigenvalue weighted by molar-refractivity contribution is 1.18. The van der Waals surface area contributed by atoms with Gasteiger partial charge in [-0.2, -0.15) is 0 Å². The highest BCUT2D eigenvalue weighted by Gasteiger charge is 2.11. The molecule has 0 spiro atoms. The monoisotopic (exact) mass is 460 g/mol. The molecule has 0 unspecified atom stereocenters. The second kappa shape index (κ2) is 8.44. The van der Waals surface area contributed by atoms with Crippen LogP contribution in [0.5, 0.6) is 0 Å². The van der Waals surface area contributed by atoms with Crippen molar-refractivity contribution in [1.82, 2.24) is 4.57 Å². The van der Waals surface area contributed by atoms with Gasteiger partial charge in [-0.25, -0.2) is 0 Å². The largest absolute Gasteiger partial charge is 0.355 e. The summed E-state index contributed by atoms with van der Waals surface area (Å²) >= 11 is 0. The lowest BCUT2D eigenvalue weighted by Crippen LogP contribution is -1.96. The van der Waals surface area contributed by atoms with Gasteiger partial charge >= 0.3 is 0 Å². The maximum absolute atomic E-state index is 3.64. The van der Waals surface area contributed by atoms with Crippen LogP contribution >= 0.6 is 0 Å². The van der Waals surface area contributed by atoms with E-state index < -0.39 is 0 Å². The van der Waals surface area contributed by atoms with Crippen LogP contribution in [0.4, 0.5) is 11.4 Å². The number of rotatable bonds is 4. The van der Waals surface area contributed by atoms with Crippen molar-refractivity contribution in [3.05, 3.63) is 140 Å². The van der Waals surface area contributed by atoms with Crippen LogP contribution in [0.1, 0.15) is 0 Å². The first kappa shape index (κ1) is 20.5. The molecule has 170 valence electrons. The summed E-state index contributed by atoms with van der Waals surface area (Å²) < 4.78 is 2.35. The number of hydrogen-bond acceptors (Lipinski definition) is 1. The van der Waals surface area contributed by atoms with Crippen molar-refractivity contribution in [2.24, 2.45) is 0 Å². The van der Waals surface area contributed by atoms with E-state index in [1.807, 2.05) is 0 Å². The minimum absolute atomic E-state index is 1.06. The van der Waals surface area contributed by atoms with Crippen molar-refractivity contribution >= 4 is 44.0 Å². The molecule has 0 bridgehead atoms. The van der Waals surface area contributed by atoms with E-state index in [-0.39, 0.29) is 0 Å². The molecule has 1 aromatic heterocycles. The van der Waals surface area contributed by atoms with E-state index in [9.17, 15) is 0 Å². The number of benzene rings is 6. The van der Waals surface area contributed by atoms with E-state index >= 15 is 0 Å². The summed E-state index contributed by atoms with van der Waals surface area (Å²) in [5, 5.41) is 8.70. The topological polar surface area (TPSA) is 17.0 Å². The lowest BCUT2D eigenvalue weighted by Gasteiger charge is -2.13. The number of fused-ring (bicyclic) bond motifs is 4. The number of hydrogen-bond donors (Lipinski definition) is 1. The smallest absolute Gasteiger partial charge is 0.0541 e. The molecule has 0 amide bonds. The molecule has 0 saturated heterocycles. The Hall–Kier alpha value is -4.82. The summed E-state index contributed by atoms with van der Waals surface area (Å²) in [6.45, 7) is 0. The highest BCUT2D eigenvalue weighted by molar-refractivity contribution is 6.09. The first-order valence-electron chi connectivity index (χ1n) is 12.3. The van der Waals surface area contributed by atoms with Gasteiger partial charge in [-0.3, -0.25) is 0 Å². The molecule has 6 aromatic carbocycles. The molecule has 2 nitrogen and oxygen atoms in total. The number of nitrogens with zero attached hydrogens (tertiary/aromatic N) is 1. The fraction of sp³-hybridized carbons (Fsp3) is 0. The molecule has 0 fully saturated rings. The van der Waals surface area contributed by atoms with Crippen molar-refractivity contribution in [3.63, 3.8) is 0 Å². The van der Waals surface area contributed by atoms with E-state index in [0.717, 1.165) is 17.1 Å². The highest BCUT2D eigenvalue weighted by Crippen LogP contribution is 2.33. The summed E-state index contributed by atoms with van der Waals surface area (Å²) in [6, 6.07) is 49.7. The molecule has 0 aliphatic carbocycles. The van der Waals surface area contributed by atoms with Crippen LogP contribution < -0.4 is 5.32 Å². The van der Waals surface area contributed by atoms with E-state index in [4.69, 9.17) is 0 Å². The first-order chi connectivity index (χ1) is 17.8. The van der Waals surface area contributed by atoms with Crippen LogP contribution in [0.3, 0.4) is 0 Å². The van der Waals surface area contributed by atoms with Gasteiger partial charge in [0.25, 0.3) is 0 Å². The van der Waals surface area contributed by atoms with E-state index in [2.05, 4.69) is 149 Å². The molecular formula is C34H24N2. The second-order valence-electron chi connectivity index (χ2n) is 9.19. The second-order valence-corrected chi connectivity index (χ2v) is 9.19. The third-order valence-corrected chi connectivity index (χ3v) is 6.92. The van der Waals surface area contributed by atoms with E-state index in [1.54, 1.807) is 0 Å². The van der Waals surface area contributed by atoms with Crippen LogP contribution in [0.25, 0.3) is 49.4 Å². The molecule has 7 aromatic rings. The number of para-hydroxylation sites is 2. The lowest BCUT2D eigenvalue weighted by atomic mass is 10.0. The zero-order valence-electron chi connectivity index (χ0n) is 19.7. The van der Waals surface area contributed by atoms with Crippen LogP contribution in [-0.4, -0.2) is 4.57 Å². The number of aromatic nitrogens is 1. The molecule has 0 aliphatic heterocycles. The van der Waals surface area contributed by atoms with Gasteiger partial charge in [-0.1, -0.05) is 91.0 Å². The van der Waals surface area contributed by atoms with Crippen molar-refractivity contribution in [2.75, 3.05) is 5.32 Å². The van der Waals surface area contributed by atoms with Gasteiger partial charge in [0, 0.05) is 27.8 Å². The van der Waals surface area contributed by atoms with Gasteiger partial charge in [-0.05, 0) is 70.4 Å². The van der Waals surface area contributed by atoms with E-state index in [0.29, 0.717) is 0 Å². The van der Waals surface area contributed by atoms with Gasteiger partial charge in [0.2, 0.25) is 0 Å². The van der Waals surface area contributed by atoms with Crippen molar-refractivity contribution in [1.29, 1.82) is 0 Å². The van der Waals surface area contributed by atoms with Crippen molar-refractivity contribution in [3.8, 4) is 16.8 Å². The third kappa shape index (κ3) is 3.52. The Balaban J connectivity index is 1.26. The predicted octanol–water partition coefficient (Wildman–Crippen LogP) is 9.35. The van der Waals surface area contributed by atoms with Crippen LogP contribution in [0.2, 0.25) is 0 Å². The number of anilines is 2. The molecule has 1 N–H and O–H groups in total. The minimum atomic E-state index is 1.06. The molecule has 7 rings (SSSR count). The van der Waals surface area contributed by atoms with E-state index in [1.165, 1.54) is 43.7 Å². The van der Waals surface area contributed by atoms with Gasteiger partial charge in [0.05, 0.1) is 11.0 Å². The summed E-state index contributed by atoms with van der Waals surface area (Å²) in [5.74, 6) is 0. The molecule has 0 aliphatic rings. The molecule has 0 saturated carbocycles. The Kier molecular flexibility index (Phi) is 4.82. The molecule has 2 heteroatoms. The fourth-order valence-electron chi connectivity index (χ4n) is 5.24. The Bertz CT molecular complexity index is 1820. The Morgan fingerprint density at radius 2 is 1.03 bits per heavy atom. The molecule has 36 heavy (non-hydrogen) atoms. The summed E-state index contributed by atoms with van der Waals surface area (Å²) in [4.78, 5) is 0. The van der Waals surface area contributed by atoms with Crippen molar-refractivity contribution < 1.29 is 0 Å². The maximum Gasteiger partial charge on any atom is 0.0541 e. The Labute approximate surface area is 210 Å². The summed E-state index contributed by atoms with van der Waals surface area (Å²) in [7, 11) is 0.